The van der Waals surface area contributed by atoms with Gasteiger partial charge in [-0.05, 0) is 97.7 Å². The van der Waals surface area contributed by atoms with E-state index < -0.39 is 28.5 Å². The molecule has 0 aliphatic heterocycles. The molecule has 0 bridgehead atoms. The number of hydrogen-bond donors (Lipinski definition) is 4. The highest BCUT2D eigenvalue weighted by molar-refractivity contribution is 5.66. The van der Waals surface area contributed by atoms with E-state index in [0.29, 0.717) is 25.7 Å². The molecule has 4 aliphatic rings. The van der Waals surface area contributed by atoms with E-state index >= 15 is 0 Å². The maximum Gasteiger partial charge on any atom is 0.303 e. The molecule has 0 heterocycles. The van der Waals surface area contributed by atoms with Crippen LogP contribution in [-0.2, 0) is 9.59 Å². The summed E-state index contributed by atoms with van der Waals surface area (Å²) in [6.45, 7) is 10.3. The number of carboxylic acid groups (broad SMARTS) is 1. The Balaban J connectivity index is 1.77. The Morgan fingerprint density at radius 3 is 2.41 bits per heavy atom. The van der Waals surface area contributed by atoms with Crippen LogP contribution in [0.25, 0.3) is 0 Å². The summed E-state index contributed by atoms with van der Waals surface area (Å²) in [5.41, 5.74) is -2.63. The van der Waals surface area contributed by atoms with Crippen LogP contribution < -0.4 is 0 Å². The molecular weight excluding hydrogens is 432 g/mol. The number of aliphatic carboxylic acids is 1. The van der Waals surface area contributed by atoms with E-state index in [9.17, 15) is 30.0 Å². The van der Waals surface area contributed by atoms with Crippen molar-refractivity contribution in [3.8, 4) is 0 Å². The van der Waals surface area contributed by atoms with Crippen LogP contribution in [0.3, 0.4) is 0 Å². The van der Waals surface area contributed by atoms with Gasteiger partial charge < -0.3 is 25.2 Å². The fourth-order valence-electron chi connectivity index (χ4n) is 9.54. The first-order valence-corrected chi connectivity index (χ1v) is 13.5. The van der Waals surface area contributed by atoms with Crippen LogP contribution in [-0.4, -0.2) is 50.5 Å². The average Bonchev–Trinajstić information content (AvgIpc) is 3.12. The van der Waals surface area contributed by atoms with E-state index in [-0.39, 0.29) is 53.4 Å². The lowest BCUT2D eigenvalue weighted by Gasteiger charge is -2.68. The molecule has 4 saturated carbocycles. The molecule has 0 aromatic rings. The number of fused-ring (bicyclic) bond motifs is 5. The molecule has 4 rings (SSSR count). The summed E-state index contributed by atoms with van der Waals surface area (Å²) in [7, 11) is 0. The molecule has 6 heteroatoms. The predicted octanol–water partition coefficient (Wildman–Crippen LogP) is 4.04. The zero-order valence-corrected chi connectivity index (χ0v) is 21.7. The summed E-state index contributed by atoms with van der Waals surface area (Å²) in [6.07, 6.45) is 5.92. The number of carboxylic acids is 1. The van der Waals surface area contributed by atoms with Crippen LogP contribution in [0.5, 0.6) is 0 Å². The van der Waals surface area contributed by atoms with Crippen LogP contribution in [0.2, 0.25) is 0 Å². The van der Waals surface area contributed by atoms with Gasteiger partial charge in [-0.2, -0.15) is 0 Å². The molecule has 34 heavy (non-hydrogen) atoms. The fraction of sp³-hybridized carbons (Fsp3) is 0.929. The van der Waals surface area contributed by atoms with E-state index in [0.717, 1.165) is 32.0 Å². The van der Waals surface area contributed by atoms with Crippen molar-refractivity contribution in [2.24, 2.45) is 51.8 Å². The minimum Gasteiger partial charge on any atom is -0.481 e. The van der Waals surface area contributed by atoms with Gasteiger partial charge in [-0.15, -0.1) is 0 Å². The van der Waals surface area contributed by atoms with Gasteiger partial charge in [0, 0.05) is 11.8 Å². The van der Waals surface area contributed by atoms with Crippen molar-refractivity contribution < 1.29 is 30.0 Å². The van der Waals surface area contributed by atoms with Crippen molar-refractivity contribution in [1.82, 2.24) is 0 Å². The van der Waals surface area contributed by atoms with Crippen molar-refractivity contribution in [2.45, 2.75) is 110 Å². The number of carbonyl (C=O) groups is 2. The number of aliphatic hydroxyl groups excluding tert-OH is 2. The first kappa shape index (κ1) is 26.1. The lowest BCUT2D eigenvalue weighted by Crippen LogP contribution is -2.70. The lowest BCUT2D eigenvalue weighted by molar-refractivity contribution is -0.265. The Bertz CT molecular complexity index is 811. The zero-order valence-electron chi connectivity index (χ0n) is 21.7. The Kier molecular flexibility index (Phi) is 6.56. The zero-order chi connectivity index (χ0) is 25.3. The van der Waals surface area contributed by atoms with Crippen molar-refractivity contribution in [3.63, 3.8) is 0 Å². The minimum absolute atomic E-state index is 0.0763. The second-order valence-corrected chi connectivity index (χ2v) is 13.5. The molecule has 0 radical (unpaired) electrons. The van der Waals surface area contributed by atoms with Gasteiger partial charge >= 0.3 is 5.97 Å². The molecule has 0 unspecified atom stereocenters. The Labute approximate surface area is 204 Å². The van der Waals surface area contributed by atoms with Crippen LogP contribution in [0.15, 0.2) is 0 Å². The summed E-state index contributed by atoms with van der Waals surface area (Å²) in [5.74, 6) is -0.254. The standard InChI is InChI=1S/C28H46O6/c1-16(6-9-23(32)33)19-7-8-20-24-21(13-22(31)27(19,20)5)26(4)11-10-18(30)12-17(26)14-28(24,34)25(2,3)15-29/h15-22,24,30-31,34H,6-14H2,1-5H3,(H,32,33)/t16-,17+,18-,19-,20+,21+,22+,24+,26+,27-,28-/m1/s1. The fourth-order valence-corrected chi connectivity index (χ4v) is 9.54. The minimum atomic E-state index is -1.20. The van der Waals surface area contributed by atoms with E-state index in [2.05, 4.69) is 20.8 Å². The molecule has 194 valence electrons. The first-order valence-electron chi connectivity index (χ1n) is 13.5. The van der Waals surface area contributed by atoms with Gasteiger partial charge in [0.15, 0.2) is 0 Å². The number of carbonyl (C=O) groups excluding carboxylic acids is 1. The van der Waals surface area contributed by atoms with Gasteiger partial charge in [-0.3, -0.25) is 4.79 Å². The van der Waals surface area contributed by atoms with E-state index in [1.165, 1.54) is 0 Å². The largest absolute Gasteiger partial charge is 0.481 e. The van der Waals surface area contributed by atoms with Crippen molar-refractivity contribution in [1.29, 1.82) is 0 Å². The number of hydrogen-bond acceptors (Lipinski definition) is 5. The van der Waals surface area contributed by atoms with E-state index in [4.69, 9.17) is 0 Å². The third-order valence-electron chi connectivity index (χ3n) is 11.8. The Morgan fingerprint density at radius 1 is 1.12 bits per heavy atom. The number of aliphatic hydroxyl groups is 3. The normalized spacial score (nSPS) is 49.5. The molecule has 0 aromatic carbocycles. The van der Waals surface area contributed by atoms with Crippen LogP contribution in [0.1, 0.15) is 92.4 Å². The van der Waals surface area contributed by atoms with Crippen molar-refractivity contribution in [2.75, 3.05) is 0 Å². The van der Waals surface area contributed by atoms with Gasteiger partial charge in [0.2, 0.25) is 0 Å². The third-order valence-corrected chi connectivity index (χ3v) is 11.8. The molecule has 6 nitrogen and oxygen atoms in total. The summed E-state index contributed by atoms with van der Waals surface area (Å²) < 4.78 is 0. The predicted molar refractivity (Wildman–Crippen MR) is 129 cm³/mol. The lowest BCUT2D eigenvalue weighted by atomic mass is 9.38. The Morgan fingerprint density at radius 2 is 1.79 bits per heavy atom. The maximum atomic E-state index is 12.5. The third kappa shape index (κ3) is 3.61. The Hall–Kier alpha value is -0.980. The topological polar surface area (TPSA) is 115 Å². The molecule has 4 N–H and O–H groups in total. The summed E-state index contributed by atoms with van der Waals surface area (Å²) in [6, 6.07) is 0. The van der Waals surface area contributed by atoms with Gasteiger partial charge in [-0.25, -0.2) is 0 Å². The second kappa shape index (κ2) is 8.55. The highest BCUT2D eigenvalue weighted by atomic mass is 16.4. The van der Waals surface area contributed by atoms with Crippen molar-refractivity contribution >= 4 is 12.3 Å². The maximum absolute atomic E-state index is 12.5. The van der Waals surface area contributed by atoms with Crippen molar-refractivity contribution in [3.05, 3.63) is 0 Å². The van der Waals surface area contributed by atoms with E-state index in [1.54, 1.807) is 0 Å². The smallest absolute Gasteiger partial charge is 0.303 e. The first-order chi connectivity index (χ1) is 15.7. The highest BCUT2D eigenvalue weighted by Gasteiger charge is 2.71. The van der Waals surface area contributed by atoms with Gasteiger partial charge in [0.1, 0.15) is 6.29 Å². The average molecular weight is 479 g/mol. The molecule has 11 atom stereocenters. The monoisotopic (exact) mass is 478 g/mol. The van der Waals surface area contributed by atoms with Crippen LogP contribution >= 0.6 is 0 Å². The summed E-state index contributed by atoms with van der Waals surface area (Å²) >= 11 is 0. The molecule has 0 spiro atoms. The molecule has 0 amide bonds. The molecule has 4 fully saturated rings. The SMILES string of the molecule is C[C@H](CCC(=O)O)[C@H]1CC[C@H]2[C@H]3[C@H](C[C@H](O)[C@]12C)[C@@]1(C)CC[C@@H](O)C[C@H]1C[C@]3(O)C(C)(C)C=O. The van der Waals surface area contributed by atoms with Gasteiger partial charge in [-0.1, -0.05) is 34.6 Å². The second-order valence-electron chi connectivity index (χ2n) is 13.5. The van der Waals surface area contributed by atoms with E-state index in [1.807, 2.05) is 13.8 Å². The quantitative estimate of drug-likeness (QED) is 0.428. The van der Waals surface area contributed by atoms with Crippen LogP contribution in [0, 0.1) is 51.8 Å². The molecule has 0 saturated heterocycles. The van der Waals surface area contributed by atoms with Gasteiger partial charge in [0.25, 0.3) is 0 Å². The number of aldehydes is 1. The molecule has 4 aliphatic carbocycles. The van der Waals surface area contributed by atoms with Gasteiger partial charge in [0.05, 0.1) is 17.8 Å². The summed E-state index contributed by atoms with van der Waals surface area (Å²) in [4.78, 5) is 23.6. The highest BCUT2D eigenvalue weighted by Crippen LogP contribution is 2.72. The summed E-state index contributed by atoms with van der Waals surface area (Å²) in [5, 5.41) is 43.9. The molecular formula is C28H46O6. The number of rotatable bonds is 6. The van der Waals surface area contributed by atoms with Crippen LogP contribution in [0.4, 0.5) is 0 Å². The molecule has 0 aromatic heterocycles.